The van der Waals surface area contributed by atoms with Gasteiger partial charge in [-0.25, -0.2) is 0 Å². The zero-order valence-corrected chi connectivity index (χ0v) is 16.7. The fraction of sp³-hybridized carbons (Fsp3) is 0.579. The summed E-state index contributed by atoms with van der Waals surface area (Å²) in [6.07, 6.45) is 0. The number of nitrogens with one attached hydrogen (secondary N) is 1. The highest BCUT2D eigenvalue weighted by Gasteiger charge is 2.20. The third kappa shape index (κ3) is 7.92. The highest BCUT2D eigenvalue weighted by Crippen LogP contribution is 2.24. The van der Waals surface area contributed by atoms with Gasteiger partial charge in [-0.3, -0.25) is 9.59 Å². The van der Waals surface area contributed by atoms with Crippen LogP contribution in [0.5, 0.6) is 0 Å². The molecule has 2 amide bonds. The van der Waals surface area contributed by atoms with E-state index in [4.69, 9.17) is 4.74 Å². The maximum absolute atomic E-state index is 13.0. The number of carbonyl (C=O) groups is 2. The Labute approximate surface area is 155 Å². The third-order valence-corrected chi connectivity index (χ3v) is 4.44. The summed E-state index contributed by atoms with van der Waals surface area (Å²) in [5.74, 6) is 0.626. The first-order valence-electron chi connectivity index (χ1n) is 8.64. The molecular formula is C19H30N2O3S. The standard InChI is InChI=1S/C19H30N2O3S/c1-14(2)12-21(10-11-24-5)19(23)16-8-6-7-9-17(16)25-13-18(22)20-15(3)4/h6-9,14-15H,10-13H2,1-5H3,(H,20,22). The lowest BCUT2D eigenvalue weighted by atomic mass is 10.1. The van der Waals surface area contributed by atoms with Crippen molar-refractivity contribution in [1.29, 1.82) is 0 Å². The number of carbonyl (C=O) groups excluding carboxylic acids is 2. The Morgan fingerprint density at radius 3 is 2.48 bits per heavy atom. The van der Waals surface area contributed by atoms with E-state index < -0.39 is 0 Å². The number of amides is 2. The molecule has 0 saturated carbocycles. The fourth-order valence-corrected chi connectivity index (χ4v) is 3.22. The minimum atomic E-state index is -0.0272. The van der Waals surface area contributed by atoms with E-state index in [0.717, 1.165) is 4.90 Å². The van der Waals surface area contributed by atoms with Crippen LogP contribution in [0.3, 0.4) is 0 Å². The summed E-state index contributed by atoms with van der Waals surface area (Å²) < 4.78 is 5.13. The number of thioether (sulfide) groups is 1. The number of hydrogen-bond acceptors (Lipinski definition) is 4. The first kappa shape index (κ1) is 21.5. The average Bonchev–Trinajstić information content (AvgIpc) is 2.55. The Bertz CT molecular complexity index is 561. The number of hydrogen-bond donors (Lipinski definition) is 1. The molecule has 0 aliphatic rings. The van der Waals surface area contributed by atoms with Crippen molar-refractivity contribution in [2.24, 2.45) is 5.92 Å². The second-order valence-electron chi connectivity index (χ2n) is 6.64. The van der Waals surface area contributed by atoms with Crippen LogP contribution < -0.4 is 5.32 Å². The van der Waals surface area contributed by atoms with Crippen molar-refractivity contribution in [3.63, 3.8) is 0 Å². The molecule has 0 radical (unpaired) electrons. The smallest absolute Gasteiger partial charge is 0.255 e. The van der Waals surface area contributed by atoms with Crippen molar-refractivity contribution in [3.05, 3.63) is 29.8 Å². The molecule has 0 bridgehead atoms. The van der Waals surface area contributed by atoms with Gasteiger partial charge in [0.1, 0.15) is 0 Å². The molecule has 0 aliphatic carbocycles. The Morgan fingerprint density at radius 1 is 1.20 bits per heavy atom. The van der Waals surface area contributed by atoms with Crippen molar-refractivity contribution in [3.8, 4) is 0 Å². The van der Waals surface area contributed by atoms with Crippen LogP contribution in [0.15, 0.2) is 29.2 Å². The van der Waals surface area contributed by atoms with Gasteiger partial charge >= 0.3 is 0 Å². The molecular weight excluding hydrogens is 336 g/mol. The van der Waals surface area contributed by atoms with E-state index in [1.54, 1.807) is 7.11 Å². The monoisotopic (exact) mass is 366 g/mol. The van der Waals surface area contributed by atoms with Gasteiger partial charge in [0.2, 0.25) is 5.91 Å². The van der Waals surface area contributed by atoms with Crippen LogP contribution in [-0.4, -0.2) is 55.3 Å². The molecule has 0 heterocycles. The molecule has 0 atom stereocenters. The number of benzene rings is 1. The van der Waals surface area contributed by atoms with Gasteiger partial charge in [-0.15, -0.1) is 11.8 Å². The normalized spacial score (nSPS) is 11.0. The van der Waals surface area contributed by atoms with Gasteiger partial charge in [0.05, 0.1) is 17.9 Å². The van der Waals surface area contributed by atoms with Gasteiger partial charge < -0.3 is 15.0 Å². The SMILES string of the molecule is COCCN(CC(C)C)C(=O)c1ccccc1SCC(=O)NC(C)C. The molecule has 6 heteroatoms. The quantitative estimate of drug-likeness (QED) is 0.647. The molecule has 5 nitrogen and oxygen atoms in total. The molecule has 0 saturated heterocycles. The summed E-state index contributed by atoms with van der Waals surface area (Å²) in [7, 11) is 1.63. The van der Waals surface area contributed by atoms with E-state index >= 15 is 0 Å². The molecule has 0 spiro atoms. The number of nitrogens with zero attached hydrogens (tertiary/aromatic N) is 1. The van der Waals surface area contributed by atoms with E-state index in [9.17, 15) is 9.59 Å². The minimum absolute atomic E-state index is 0.0156. The summed E-state index contributed by atoms with van der Waals surface area (Å²) in [5.41, 5.74) is 0.640. The summed E-state index contributed by atoms with van der Waals surface area (Å²) in [5, 5.41) is 2.87. The van der Waals surface area contributed by atoms with E-state index in [2.05, 4.69) is 19.2 Å². The van der Waals surface area contributed by atoms with Crippen LogP contribution in [0.4, 0.5) is 0 Å². The molecule has 0 aromatic heterocycles. The highest BCUT2D eigenvalue weighted by atomic mass is 32.2. The predicted molar refractivity (Wildman–Crippen MR) is 103 cm³/mol. The Hall–Kier alpha value is -1.53. The van der Waals surface area contributed by atoms with Crippen molar-refractivity contribution >= 4 is 23.6 Å². The number of methoxy groups -OCH3 is 1. The lowest BCUT2D eigenvalue weighted by molar-refractivity contribution is -0.119. The average molecular weight is 367 g/mol. The summed E-state index contributed by atoms with van der Waals surface area (Å²) >= 11 is 1.39. The van der Waals surface area contributed by atoms with Crippen LogP contribution in [0, 0.1) is 5.92 Å². The van der Waals surface area contributed by atoms with Crippen molar-refractivity contribution in [1.82, 2.24) is 10.2 Å². The zero-order valence-electron chi connectivity index (χ0n) is 15.9. The van der Waals surface area contributed by atoms with E-state index in [-0.39, 0.29) is 17.9 Å². The van der Waals surface area contributed by atoms with Crippen molar-refractivity contribution < 1.29 is 14.3 Å². The lowest BCUT2D eigenvalue weighted by Gasteiger charge is -2.25. The molecule has 25 heavy (non-hydrogen) atoms. The number of rotatable bonds is 10. The Kier molecular flexibility index (Phi) is 9.60. The second kappa shape index (κ2) is 11.2. The molecule has 0 unspecified atom stereocenters. The summed E-state index contributed by atoms with van der Waals surface area (Å²) in [6, 6.07) is 7.58. The van der Waals surface area contributed by atoms with E-state index in [1.165, 1.54) is 11.8 Å². The van der Waals surface area contributed by atoms with E-state index in [1.807, 2.05) is 43.0 Å². The third-order valence-electron chi connectivity index (χ3n) is 3.36. The maximum atomic E-state index is 13.0. The lowest BCUT2D eigenvalue weighted by Crippen LogP contribution is -2.37. The van der Waals surface area contributed by atoms with Gasteiger partial charge in [0, 0.05) is 31.1 Å². The second-order valence-corrected chi connectivity index (χ2v) is 7.66. The van der Waals surface area contributed by atoms with Gasteiger partial charge in [0.25, 0.3) is 5.91 Å². The van der Waals surface area contributed by atoms with Gasteiger partial charge in [-0.2, -0.15) is 0 Å². The Balaban J connectivity index is 2.87. The largest absolute Gasteiger partial charge is 0.383 e. The van der Waals surface area contributed by atoms with Crippen LogP contribution in [-0.2, 0) is 9.53 Å². The fourth-order valence-electron chi connectivity index (χ4n) is 2.36. The summed E-state index contributed by atoms with van der Waals surface area (Å²) in [4.78, 5) is 27.5. The van der Waals surface area contributed by atoms with Crippen LogP contribution in [0.1, 0.15) is 38.1 Å². The van der Waals surface area contributed by atoms with Crippen LogP contribution in [0.25, 0.3) is 0 Å². The van der Waals surface area contributed by atoms with Crippen molar-refractivity contribution in [2.75, 3.05) is 32.6 Å². The predicted octanol–water partition coefficient (Wildman–Crippen LogP) is 3.05. The highest BCUT2D eigenvalue weighted by molar-refractivity contribution is 8.00. The molecule has 1 aromatic rings. The van der Waals surface area contributed by atoms with Gasteiger partial charge in [-0.1, -0.05) is 26.0 Å². The molecule has 0 aliphatic heterocycles. The molecule has 1 aromatic carbocycles. The Morgan fingerprint density at radius 2 is 1.88 bits per heavy atom. The maximum Gasteiger partial charge on any atom is 0.255 e. The molecule has 140 valence electrons. The first-order chi connectivity index (χ1) is 11.8. The van der Waals surface area contributed by atoms with Crippen LogP contribution >= 0.6 is 11.8 Å². The summed E-state index contributed by atoms with van der Waals surface area (Å²) in [6.45, 7) is 9.77. The zero-order chi connectivity index (χ0) is 18.8. The van der Waals surface area contributed by atoms with Crippen molar-refractivity contribution in [2.45, 2.75) is 38.6 Å². The van der Waals surface area contributed by atoms with E-state index in [0.29, 0.717) is 36.9 Å². The minimum Gasteiger partial charge on any atom is -0.383 e. The van der Waals surface area contributed by atoms with Crippen LogP contribution in [0.2, 0.25) is 0 Å². The van der Waals surface area contributed by atoms with Gasteiger partial charge in [0.15, 0.2) is 0 Å². The molecule has 1 N–H and O–H groups in total. The first-order valence-corrected chi connectivity index (χ1v) is 9.63. The molecule has 0 fully saturated rings. The topological polar surface area (TPSA) is 58.6 Å². The van der Waals surface area contributed by atoms with Gasteiger partial charge in [-0.05, 0) is 31.9 Å². The number of ether oxygens (including phenoxy) is 1. The molecule has 1 rings (SSSR count).